The number of pyridine rings is 1. The maximum absolute atomic E-state index is 12.3. The summed E-state index contributed by atoms with van der Waals surface area (Å²) < 4.78 is 5.51. The first-order valence-electron chi connectivity index (χ1n) is 9.63. The highest BCUT2D eigenvalue weighted by molar-refractivity contribution is 5.69. The van der Waals surface area contributed by atoms with Crippen LogP contribution in [-0.4, -0.2) is 47.8 Å². The molecule has 0 radical (unpaired) electrons. The van der Waals surface area contributed by atoms with E-state index in [9.17, 15) is 4.79 Å². The molecule has 2 aliphatic rings. The molecule has 5 heteroatoms. The number of benzene rings is 1. The number of hydrogen-bond acceptors (Lipinski definition) is 4. The molecule has 2 fully saturated rings. The number of amides is 1. The number of fused-ring (bicyclic) bond motifs is 1. The second-order valence-electron chi connectivity index (χ2n) is 8.58. The van der Waals surface area contributed by atoms with Gasteiger partial charge in [-0.1, -0.05) is 30.3 Å². The minimum absolute atomic E-state index is 0.186. The number of carbonyl (C=O) groups is 1. The van der Waals surface area contributed by atoms with Crippen molar-refractivity contribution in [3.05, 3.63) is 48.7 Å². The van der Waals surface area contributed by atoms with Gasteiger partial charge in [-0.15, -0.1) is 0 Å². The maximum Gasteiger partial charge on any atom is 0.410 e. The zero-order chi connectivity index (χ0) is 19.0. The molecular formula is C22H27N3O2. The van der Waals surface area contributed by atoms with Gasteiger partial charge in [-0.3, -0.25) is 0 Å². The van der Waals surface area contributed by atoms with Crippen molar-refractivity contribution in [1.82, 2.24) is 9.88 Å². The molecule has 1 aromatic heterocycles. The number of likely N-dealkylation sites (tertiary alicyclic amines) is 1. The Labute approximate surface area is 161 Å². The second kappa shape index (κ2) is 6.87. The van der Waals surface area contributed by atoms with Gasteiger partial charge in [0, 0.05) is 49.8 Å². The molecule has 2 unspecified atom stereocenters. The molecule has 1 amide bonds. The van der Waals surface area contributed by atoms with Crippen LogP contribution in [0.5, 0.6) is 0 Å². The number of ether oxygens (including phenoxy) is 1. The molecule has 3 heterocycles. The molecule has 0 saturated carbocycles. The number of rotatable bonds is 2. The molecule has 142 valence electrons. The monoisotopic (exact) mass is 365 g/mol. The third kappa shape index (κ3) is 3.92. The molecule has 0 spiro atoms. The Morgan fingerprint density at radius 3 is 2.19 bits per heavy atom. The van der Waals surface area contributed by atoms with Gasteiger partial charge in [0.05, 0.1) is 0 Å². The first-order chi connectivity index (χ1) is 12.9. The van der Waals surface area contributed by atoms with Gasteiger partial charge < -0.3 is 14.5 Å². The summed E-state index contributed by atoms with van der Waals surface area (Å²) in [5.74, 6) is 2.01. The molecule has 2 aromatic rings. The van der Waals surface area contributed by atoms with Gasteiger partial charge in [-0.25, -0.2) is 9.78 Å². The number of anilines is 1. The van der Waals surface area contributed by atoms with E-state index < -0.39 is 5.60 Å². The van der Waals surface area contributed by atoms with Crippen molar-refractivity contribution in [2.45, 2.75) is 26.4 Å². The molecule has 1 aromatic carbocycles. The lowest BCUT2D eigenvalue weighted by atomic mass is 10.0. The Balaban J connectivity index is 1.37. The molecule has 27 heavy (non-hydrogen) atoms. The number of carbonyl (C=O) groups excluding carboxylic acids is 1. The van der Waals surface area contributed by atoms with E-state index in [0.29, 0.717) is 11.8 Å². The molecule has 2 atom stereocenters. The Morgan fingerprint density at radius 2 is 1.63 bits per heavy atom. The van der Waals surface area contributed by atoms with Gasteiger partial charge in [-0.05, 0) is 38.5 Å². The predicted octanol–water partition coefficient (Wildman–Crippen LogP) is 4.05. The van der Waals surface area contributed by atoms with Crippen LogP contribution in [0.4, 0.5) is 10.6 Å². The van der Waals surface area contributed by atoms with Crippen LogP contribution in [0, 0.1) is 11.8 Å². The SMILES string of the molecule is CC(C)(C)OC(=O)N1CC2CN(c3ccc(-c4ccccc4)cn3)CC2C1. The van der Waals surface area contributed by atoms with Gasteiger partial charge in [0.1, 0.15) is 11.4 Å². The lowest BCUT2D eigenvalue weighted by Gasteiger charge is -2.26. The van der Waals surface area contributed by atoms with Gasteiger partial charge in [0.15, 0.2) is 0 Å². The van der Waals surface area contributed by atoms with E-state index in [-0.39, 0.29) is 6.09 Å². The Morgan fingerprint density at radius 1 is 0.963 bits per heavy atom. The Hall–Kier alpha value is -2.56. The Bertz CT molecular complexity index is 785. The molecule has 2 aliphatic heterocycles. The van der Waals surface area contributed by atoms with Gasteiger partial charge in [-0.2, -0.15) is 0 Å². The normalized spacial score (nSPS) is 22.0. The summed E-state index contributed by atoms with van der Waals surface area (Å²) in [5.41, 5.74) is 1.88. The lowest BCUT2D eigenvalue weighted by molar-refractivity contribution is 0.0282. The molecule has 0 N–H and O–H groups in total. The molecule has 4 rings (SSSR count). The average Bonchev–Trinajstić information content (AvgIpc) is 3.20. The van der Waals surface area contributed by atoms with E-state index in [2.05, 4.69) is 34.1 Å². The third-order valence-corrected chi connectivity index (χ3v) is 5.32. The van der Waals surface area contributed by atoms with E-state index in [1.807, 2.05) is 50.1 Å². The summed E-state index contributed by atoms with van der Waals surface area (Å²) in [6, 6.07) is 14.6. The topological polar surface area (TPSA) is 45.7 Å². The highest BCUT2D eigenvalue weighted by atomic mass is 16.6. The number of hydrogen-bond donors (Lipinski definition) is 0. The van der Waals surface area contributed by atoms with Crippen molar-refractivity contribution >= 4 is 11.9 Å². The highest BCUT2D eigenvalue weighted by Gasteiger charge is 2.43. The quantitative estimate of drug-likeness (QED) is 0.805. The zero-order valence-electron chi connectivity index (χ0n) is 16.3. The molecular weight excluding hydrogens is 338 g/mol. The Kier molecular flexibility index (Phi) is 4.54. The van der Waals surface area contributed by atoms with E-state index in [4.69, 9.17) is 4.74 Å². The molecule has 5 nitrogen and oxygen atoms in total. The van der Waals surface area contributed by atoms with Crippen molar-refractivity contribution in [2.75, 3.05) is 31.1 Å². The fourth-order valence-corrected chi connectivity index (χ4v) is 4.03. The second-order valence-corrected chi connectivity index (χ2v) is 8.58. The molecule has 0 bridgehead atoms. The first kappa shape index (κ1) is 17.8. The minimum atomic E-state index is -0.439. The van der Waals surface area contributed by atoms with Gasteiger partial charge in [0.2, 0.25) is 0 Å². The van der Waals surface area contributed by atoms with Crippen molar-refractivity contribution in [1.29, 1.82) is 0 Å². The molecule has 0 aliphatic carbocycles. The first-order valence-corrected chi connectivity index (χ1v) is 9.63. The highest BCUT2D eigenvalue weighted by Crippen LogP contribution is 2.34. The number of nitrogens with zero attached hydrogens (tertiary/aromatic N) is 3. The van der Waals surface area contributed by atoms with Crippen LogP contribution in [-0.2, 0) is 4.74 Å². The standard InChI is InChI=1S/C22H27N3O2/c1-22(2,3)27-21(26)25-14-18-12-24(13-19(18)15-25)20-10-9-17(11-23-20)16-7-5-4-6-8-16/h4-11,18-19H,12-15H2,1-3H3. The largest absolute Gasteiger partial charge is 0.444 e. The summed E-state index contributed by atoms with van der Waals surface area (Å²) >= 11 is 0. The maximum atomic E-state index is 12.3. The summed E-state index contributed by atoms with van der Waals surface area (Å²) in [7, 11) is 0. The summed E-state index contributed by atoms with van der Waals surface area (Å²) in [6.45, 7) is 9.18. The summed E-state index contributed by atoms with van der Waals surface area (Å²) in [4.78, 5) is 21.2. The fraction of sp³-hybridized carbons (Fsp3) is 0.455. The van der Waals surface area contributed by atoms with E-state index >= 15 is 0 Å². The van der Waals surface area contributed by atoms with Crippen LogP contribution in [0.15, 0.2) is 48.7 Å². The summed E-state index contributed by atoms with van der Waals surface area (Å²) in [6.07, 6.45) is 1.76. The molecule has 2 saturated heterocycles. The summed E-state index contributed by atoms with van der Waals surface area (Å²) in [5, 5.41) is 0. The van der Waals surface area contributed by atoms with E-state index in [0.717, 1.165) is 37.6 Å². The van der Waals surface area contributed by atoms with Crippen LogP contribution in [0.25, 0.3) is 11.1 Å². The van der Waals surface area contributed by atoms with Gasteiger partial charge >= 0.3 is 6.09 Å². The average molecular weight is 365 g/mol. The van der Waals surface area contributed by atoms with Crippen molar-refractivity contribution in [3.63, 3.8) is 0 Å². The van der Waals surface area contributed by atoms with Gasteiger partial charge in [0.25, 0.3) is 0 Å². The predicted molar refractivity (Wildman–Crippen MR) is 107 cm³/mol. The van der Waals surface area contributed by atoms with Crippen molar-refractivity contribution < 1.29 is 9.53 Å². The van der Waals surface area contributed by atoms with Crippen LogP contribution in [0.3, 0.4) is 0 Å². The minimum Gasteiger partial charge on any atom is -0.444 e. The zero-order valence-corrected chi connectivity index (χ0v) is 16.3. The van der Waals surface area contributed by atoms with Crippen LogP contribution >= 0.6 is 0 Å². The fourth-order valence-electron chi connectivity index (χ4n) is 4.03. The van der Waals surface area contributed by atoms with Crippen LogP contribution in [0.2, 0.25) is 0 Å². The lowest BCUT2D eigenvalue weighted by Crippen LogP contribution is -2.37. The smallest absolute Gasteiger partial charge is 0.410 e. The third-order valence-electron chi connectivity index (χ3n) is 5.32. The van der Waals surface area contributed by atoms with Crippen molar-refractivity contribution in [3.8, 4) is 11.1 Å². The number of aromatic nitrogens is 1. The van der Waals surface area contributed by atoms with Crippen LogP contribution < -0.4 is 4.90 Å². The van der Waals surface area contributed by atoms with E-state index in [1.54, 1.807) is 0 Å². The van der Waals surface area contributed by atoms with Crippen LogP contribution in [0.1, 0.15) is 20.8 Å². The van der Waals surface area contributed by atoms with E-state index in [1.165, 1.54) is 5.56 Å². The van der Waals surface area contributed by atoms with Crippen molar-refractivity contribution in [2.24, 2.45) is 11.8 Å².